The van der Waals surface area contributed by atoms with E-state index in [4.69, 9.17) is 27.9 Å². The van der Waals surface area contributed by atoms with Crippen molar-refractivity contribution in [2.45, 2.75) is 43.7 Å². The van der Waals surface area contributed by atoms with E-state index in [2.05, 4.69) is 10.6 Å². The van der Waals surface area contributed by atoms with Crippen LogP contribution in [0, 0.1) is 11.3 Å². The van der Waals surface area contributed by atoms with Crippen molar-refractivity contribution < 1.29 is 17.9 Å². The molecule has 0 saturated carbocycles. The van der Waals surface area contributed by atoms with Gasteiger partial charge in [0, 0.05) is 35.2 Å². The number of halogens is 2. The Morgan fingerprint density at radius 2 is 1.79 bits per heavy atom. The molecule has 0 spiro atoms. The minimum absolute atomic E-state index is 0.00526. The molecule has 2 aromatic carbocycles. The maximum atomic E-state index is 13.5. The summed E-state index contributed by atoms with van der Waals surface area (Å²) in [6.45, 7) is 4.16. The van der Waals surface area contributed by atoms with Gasteiger partial charge in [0.05, 0.1) is 11.6 Å². The Labute approximate surface area is 203 Å². The highest BCUT2D eigenvalue weighted by atomic mass is 35.5. The molecule has 1 fully saturated rings. The van der Waals surface area contributed by atoms with Gasteiger partial charge in [0.1, 0.15) is 16.4 Å². The zero-order valence-electron chi connectivity index (χ0n) is 18.1. The number of benzene rings is 2. The number of hydrogen-bond donors (Lipinski definition) is 2. The van der Waals surface area contributed by atoms with Crippen molar-refractivity contribution in [3.05, 3.63) is 52.0 Å². The minimum Gasteiger partial charge on any atom is -0.456 e. The molecule has 3 rings (SSSR count). The topological polar surface area (TPSA) is 112 Å². The minimum atomic E-state index is -3.97. The Kier molecular flexibility index (Phi) is 8.08. The molecule has 176 valence electrons. The van der Waals surface area contributed by atoms with Crippen LogP contribution >= 0.6 is 23.2 Å². The zero-order chi connectivity index (χ0) is 24.2. The van der Waals surface area contributed by atoms with E-state index in [1.807, 2.05) is 19.9 Å². The second-order valence-corrected chi connectivity index (χ2v) is 10.7. The Bertz CT molecular complexity index is 1150. The standard InChI is InChI=1S/C22H24Cl2N4O4S/c1-14(2)26-22(29)27-18-5-7-28(8-6-18)33(30,31)21-9-15(13-25)3-4-20(21)32-19-11-16(23)10-17(24)12-19/h3-4,9-12,14,18H,5-8H2,1-2H3,(H2,26,27,29). The molecule has 0 unspecified atom stereocenters. The van der Waals surface area contributed by atoms with Gasteiger partial charge >= 0.3 is 6.03 Å². The van der Waals surface area contributed by atoms with Crippen LogP contribution < -0.4 is 15.4 Å². The molecular weight excluding hydrogens is 487 g/mol. The summed E-state index contributed by atoms with van der Waals surface area (Å²) < 4.78 is 34.1. The number of rotatable bonds is 6. The average molecular weight is 511 g/mol. The predicted molar refractivity (Wildman–Crippen MR) is 126 cm³/mol. The Morgan fingerprint density at radius 1 is 1.15 bits per heavy atom. The molecule has 8 nitrogen and oxygen atoms in total. The van der Waals surface area contributed by atoms with Crippen molar-refractivity contribution in [1.29, 1.82) is 5.26 Å². The fourth-order valence-electron chi connectivity index (χ4n) is 3.45. The van der Waals surface area contributed by atoms with Gasteiger partial charge in [-0.3, -0.25) is 0 Å². The highest BCUT2D eigenvalue weighted by Crippen LogP contribution is 2.35. The van der Waals surface area contributed by atoms with E-state index in [1.165, 1.54) is 40.7 Å². The third-order valence-corrected chi connectivity index (χ3v) is 7.32. The van der Waals surface area contributed by atoms with Crippen LogP contribution in [-0.2, 0) is 10.0 Å². The summed E-state index contributed by atoms with van der Waals surface area (Å²) in [6.07, 6.45) is 0.922. The summed E-state index contributed by atoms with van der Waals surface area (Å²) in [6, 6.07) is 10.3. The lowest BCUT2D eigenvalue weighted by Crippen LogP contribution is -2.50. The second-order valence-electron chi connectivity index (χ2n) is 7.93. The Balaban J connectivity index is 1.81. The van der Waals surface area contributed by atoms with E-state index in [9.17, 15) is 18.5 Å². The molecule has 0 bridgehead atoms. The SMILES string of the molecule is CC(C)NC(=O)NC1CCN(S(=O)(=O)c2cc(C#N)ccc2Oc2cc(Cl)cc(Cl)c2)CC1. The number of ether oxygens (including phenoxy) is 1. The van der Waals surface area contributed by atoms with Crippen LogP contribution in [0.4, 0.5) is 4.79 Å². The van der Waals surface area contributed by atoms with Crippen LogP contribution in [0.3, 0.4) is 0 Å². The molecule has 11 heteroatoms. The fraction of sp³-hybridized carbons (Fsp3) is 0.364. The van der Waals surface area contributed by atoms with E-state index in [-0.39, 0.29) is 53.2 Å². The summed E-state index contributed by atoms with van der Waals surface area (Å²) in [7, 11) is -3.97. The van der Waals surface area contributed by atoms with Crippen molar-refractivity contribution >= 4 is 39.3 Å². The van der Waals surface area contributed by atoms with Crippen molar-refractivity contribution in [2.75, 3.05) is 13.1 Å². The lowest BCUT2D eigenvalue weighted by Gasteiger charge is -2.32. The van der Waals surface area contributed by atoms with Crippen LogP contribution in [0.15, 0.2) is 41.3 Å². The van der Waals surface area contributed by atoms with Crippen LogP contribution in [0.1, 0.15) is 32.3 Å². The van der Waals surface area contributed by atoms with Gasteiger partial charge < -0.3 is 15.4 Å². The molecule has 0 atom stereocenters. The van der Waals surface area contributed by atoms with Gasteiger partial charge in [0.2, 0.25) is 10.0 Å². The third-order valence-electron chi connectivity index (χ3n) is 4.96. The number of nitriles is 1. The van der Waals surface area contributed by atoms with Crippen LogP contribution in [0.5, 0.6) is 11.5 Å². The molecule has 1 saturated heterocycles. The van der Waals surface area contributed by atoms with E-state index in [0.717, 1.165) is 0 Å². The monoisotopic (exact) mass is 510 g/mol. The van der Waals surface area contributed by atoms with Gasteiger partial charge in [-0.1, -0.05) is 23.2 Å². The number of nitrogens with zero attached hydrogens (tertiary/aromatic N) is 2. The van der Waals surface area contributed by atoms with E-state index in [0.29, 0.717) is 22.9 Å². The van der Waals surface area contributed by atoms with Crippen LogP contribution in [-0.4, -0.2) is 43.9 Å². The maximum absolute atomic E-state index is 13.5. The first kappa shape index (κ1) is 25.1. The van der Waals surface area contributed by atoms with Crippen molar-refractivity contribution in [3.63, 3.8) is 0 Å². The molecule has 2 aromatic rings. The number of urea groups is 1. The molecule has 2 amide bonds. The summed E-state index contributed by atoms with van der Waals surface area (Å²) in [5.41, 5.74) is 0.187. The number of nitrogens with one attached hydrogen (secondary N) is 2. The molecule has 2 N–H and O–H groups in total. The largest absolute Gasteiger partial charge is 0.456 e. The van der Waals surface area contributed by atoms with Crippen molar-refractivity contribution in [3.8, 4) is 17.6 Å². The molecule has 0 radical (unpaired) electrons. The molecular formula is C22H24Cl2N4O4S. The smallest absolute Gasteiger partial charge is 0.315 e. The summed E-state index contributed by atoms with van der Waals surface area (Å²) >= 11 is 12.0. The van der Waals surface area contributed by atoms with Crippen molar-refractivity contribution in [1.82, 2.24) is 14.9 Å². The van der Waals surface area contributed by atoms with Gasteiger partial charge in [-0.25, -0.2) is 13.2 Å². The second kappa shape index (κ2) is 10.6. The predicted octanol–water partition coefficient (Wildman–Crippen LogP) is 4.52. The van der Waals surface area contributed by atoms with Gasteiger partial charge in [-0.2, -0.15) is 9.57 Å². The summed E-state index contributed by atoms with van der Waals surface area (Å²) in [4.78, 5) is 11.8. The number of carbonyl (C=O) groups is 1. The summed E-state index contributed by atoms with van der Waals surface area (Å²) in [5.74, 6) is 0.330. The number of piperidine rings is 1. The number of hydrogen-bond acceptors (Lipinski definition) is 5. The normalized spacial score (nSPS) is 15.2. The quantitative estimate of drug-likeness (QED) is 0.593. The first-order valence-corrected chi connectivity index (χ1v) is 12.5. The molecule has 1 aliphatic heterocycles. The van der Waals surface area contributed by atoms with Gasteiger partial charge in [-0.15, -0.1) is 0 Å². The first-order valence-electron chi connectivity index (χ1n) is 10.3. The van der Waals surface area contributed by atoms with Crippen LogP contribution in [0.25, 0.3) is 0 Å². The Hall–Kier alpha value is -2.51. The lowest BCUT2D eigenvalue weighted by molar-refractivity contribution is 0.225. The van der Waals surface area contributed by atoms with Gasteiger partial charge in [0.25, 0.3) is 0 Å². The first-order chi connectivity index (χ1) is 15.6. The van der Waals surface area contributed by atoms with Gasteiger partial charge in [0.15, 0.2) is 0 Å². The van der Waals surface area contributed by atoms with E-state index >= 15 is 0 Å². The Morgan fingerprint density at radius 3 is 2.36 bits per heavy atom. The molecule has 33 heavy (non-hydrogen) atoms. The van der Waals surface area contributed by atoms with Crippen LogP contribution in [0.2, 0.25) is 10.0 Å². The average Bonchev–Trinajstić information content (AvgIpc) is 2.73. The molecule has 0 aliphatic carbocycles. The molecule has 1 heterocycles. The van der Waals surface area contributed by atoms with Crippen molar-refractivity contribution in [2.24, 2.45) is 0 Å². The number of carbonyl (C=O) groups excluding carboxylic acids is 1. The molecule has 0 aromatic heterocycles. The highest BCUT2D eigenvalue weighted by Gasteiger charge is 2.32. The highest BCUT2D eigenvalue weighted by molar-refractivity contribution is 7.89. The zero-order valence-corrected chi connectivity index (χ0v) is 20.5. The molecule has 1 aliphatic rings. The van der Waals surface area contributed by atoms with E-state index in [1.54, 1.807) is 0 Å². The van der Waals surface area contributed by atoms with E-state index < -0.39 is 10.0 Å². The third kappa shape index (κ3) is 6.51. The summed E-state index contributed by atoms with van der Waals surface area (Å²) in [5, 5.41) is 15.6. The fourth-order valence-corrected chi connectivity index (χ4v) is 5.56. The lowest BCUT2D eigenvalue weighted by atomic mass is 10.1. The number of amides is 2. The van der Waals surface area contributed by atoms with Gasteiger partial charge in [-0.05, 0) is 63.1 Å². The number of sulfonamides is 1. The maximum Gasteiger partial charge on any atom is 0.315 e.